The van der Waals surface area contributed by atoms with Gasteiger partial charge in [-0.25, -0.2) is 0 Å². The Hall–Kier alpha value is -1.10. The van der Waals surface area contributed by atoms with Crippen LogP contribution in [-0.4, -0.2) is 20.3 Å². The van der Waals surface area contributed by atoms with E-state index in [-0.39, 0.29) is 6.04 Å². The molecule has 3 N–H and O–H groups in total. The van der Waals surface area contributed by atoms with Crippen LogP contribution < -0.4 is 16.0 Å². The molecule has 4 nitrogen and oxygen atoms in total. The molecule has 0 spiro atoms. The Morgan fingerprint density at radius 3 is 2.94 bits per heavy atom. The van der Waals surface area contributed by atoms with Crippen molar-refractivity contribution >= 4 is 0 Å². The van der Waals surface area contributed by atoms with Crippen molar-refractivity contribution in [2.75, 3.05) is 20.3 Å². The second-order valence-corrected chi connectivity index (χ2v) is 4.87. The van der Waals surface area contributed by atoms with Crippen molar-refractivity contribution in [2.24, 2.45) is 11.8 Å². The van der Waals surface area contributed by atoms with Crippen molar-refractivity contribution in [2.45, 2.75) is 25.8 Å². The predicted molar refractivity (Wildman–Crippen MR) is 71.3 cm³/mol. The number of aryl methyl sites for hydroxylation is 1. The molecule has 1 saturated heterocycles. The molecule has 0 aliphatic carbocycles. The highest BCUT2D eigenvalue weighted by atomic mass is 16.5. The summed E-state index contributed by atoms with van der Waals surface area (Å²) in [6.07, 6.45) is 2.23. The number of hydrogen-bond acceptors (Lipinski definition) is 4. The van der Waals surface area contributed by atoms with Gasteiger partial charge in [-0.3, -0.25) is 11.3 Å². The molecule has 0 amide bonds. The lowest BCUT2D eigenvalue weighted by Crippen LogP contribution is -2.37. The molecule has 1 fully saturated rings. The maximum Gasteiger partial charge on any atom is 0.123 e. The van der Waals surface area contributed by atoms with E-state index in [1.807, 2.05) is 6.07 Å². The Morgan fingerprint density at radius 1 is 1.50 bits per heavy atom. The Morgan fingerprint density at radius 2 is 2.33 bits per heavy atom. The SMILES string of the molecule is COc1cc(C)ccc1C(NN)C1CCCOC1. The van der Waals surface area contributed by atoms with E-state index < -0.39 is 0 Å². The molecule has 2 atom stereocenters. The van der Waals surface area contributed by atoms with Gasteiger partial charge >= 0.3 is 0 Å². The van der Waals surface area contributed by atoms with Crippen molar-refractivity contribution in [3.8, 4) is 5.75 Å². The lowest BCUT2D eigenvalue weighted by atomic mass is 9.88. The normalized spacial score (nSPS) is 21.6. The Bertz CT molecular complexity index is 389. The third kappa shape index (κ3) is 2.83. The molecule has 1 heterocycles. The number of nitrogens with two attached hydrogens (primary N) is 1. The highest BCUT2D eigenvalue weighted by Gasteiger charge is 2.26. The Labute approximate surface area is 108 Å². The number of benzene rings is 1. The molecule has 0 aromatic heterocycles. The van der Waals surface area contributed by atoms with Crippen molar-refractivity contribution in [1.82, 2.24) is 5.43 Å². The molecule has 4 heteroatoms. The first-order valence-electron chi connectivity index (χ1n) is 6.44. The summed E-state index contributed by atoms with van der Waals surface area (Å²) < 4.78 is 11.0. The molecular formula is C14H22N2O2. The summed E-state index contributed by atoms with van der Waals surface area (Å²) in [5, 5.41) is 0. The fourth-order valence-corrected chi connectivity index (χ4v) is 2.58. The first kappa shape index (κ1) is 13.3. The summed E-state index contributed by atoms with van der Waals surface area (Å²) in [6, 6.07) is 6.31. The summed E-state index contributed by atoms with van der Waals surface area (Å²) in [4.78, 5) is 0. The maximum atomic E-state index is 5.74. The molecule has 2 rings (SSSR count). The standard InChI is InChI=1S/C14H22N2O2/c1-10-5-6-12(13(8-10)17-2)14(16-15)11-4-3-7-18-9-11/h5-6,8,11,14,16H,3-4,7,9,15H2,1-2H3. The fraction of sp³-hybridized carbons (Fsp3) is 0.571. The third-order valence-corrected chi connectivity index (χ3v) is 3.57. The first-order chi connectivity index (χ1) is 8.76. The monoisotopic (exact) mass is 250 g/mol. The van der Waals surface area contributed by atoms with Crippen molar-refractivity contribution in [1.29, 1.82) is 0 Å². The molecular weight excluding hydrogens is 228 g/mol. The van der Waals surface area contributed by atoms with Crippen LogP contribution in [0.5, 0.6) is 5.75 Å². The van der Waals surface area contributed by atoms with Crippen LogP contribution in [0.1, 0.15) is 30.0 Å². The number of rotatable bonds is 4. The van der Waals surface area contributed by atoms with Gasteiger partial charge in [0.25, 0.3) is 0 Å². The van der Waals surface area contributed by atoms with E-state index in [1.165, 1.54) is 5.56 Å². The summed E-state index contributed by atoms with van der Waals surface area (Å²) in [5.74, 6) is 7.03. The van der Waals surface area contributed by atoms with Gasteiger partial charge < -0.3 is 9.47 Å². The van der Waals surface area contributed by atoms with Gasteiger partial charge in [0, 0.05) is 18.1 Å². The Balaban J connectivity index is 2.25. The van der Waals surface area contributed by atoms with Gasteiger partial charge in [-0.1, -0.05) is 12.1 Å². The summed E-state index contributed by atoms with van der Waals surface area (Å²) in [7, 11) is 1.70. The van der Waals surface area contributed by atoms with Gasteiger partial charge in [0.05, 0.1) is 19.8 Å². The molecule has 0 bridgehead atoms. The zero-order chi connectivity index (χ0) is 13.0. The van der Waals surface area contributed by atoms with E-state index in [9.17, 15) is 0 Å². The molecule has 1 aliphatic rings. The van der Waals surface area contributed by atoms with Gasteiger partial charge in [-0.2, -0.15) is 0 Å². The minimum absolute atomic E-state index is 0.0841. The summed E-state index contributed by atoms with van der Waals surface area (Å²) >= 11 is 0. The van der Waals surface area contributed by atoms with Gasteiger partial charge in [0.15, 0.2) is 0 Å². The smallest absolute Gasteiger partial charge is 0.123 e. The van der Waals surface area contributed by atoms with Gasteiger partial charge in [-0.15, -0.1) is 0 Å². The van der Waals surface area contributed by atoms with Crippen LogP contribution in [0.2, 0.25) is 0 Å². The molecule has 1 aromatic carbocycles. The van der Waals surface area contributed by atoms with Gasteiger partial charge in [-0.05, 0) is 31.4 Å². The zero-order valence-corrected chi connectivity index (χ0v) is 11.1. The van der Waals surface area contributed by atoms with Crippen molar-refractivity contribution in [3.63, 3.8) is 0 Å². The quantitative estimate of drug-likeness (QED) is 0.633. The molecule has 18 heavy (non-hydrogen) atoms. The van der Waals surface area contributed by atoms with Crippen molar-refractivity contribution < 1.29 is 9.47 Å². The molecule has 1 aromatic rings. The average Bonchev–Trinajstić information content (AvgIpc) is 2.42. The highest BCUT2D eigenvalue weighted by molar-refractivity contribution is 5.39. The van der Waals surface area contributed by atoms with Crippen LogP contribution in [0, 0.1) is 12.8 Å². The Kier molecular flexibility index (Phi) is 4.58. The largest absolute Gasteiger partial charge is 0.496 e. The van der Waals surface area contributed by atoms with E-state index in [0.717, 1.165) is 37.4 Å². The second-order valence-electron chi connectivity index (χ2n) is 4.87. The van der Waals surface area contributed by atoms with E-state index in [0.29, 0.717) is 5.92 Å². The second kappa shape index (κ2) is 6.18. The molecule has 0 radical (unpaired) electrons. The molecule has 100 valence electrons. The molecule has 0 saturated carbocycles. The third-order valence-electron chi connectivity index (χ3n) is 3.57. The molecule has 2 unspecified atom stereocenters. The number of ether oxygens (including phenoxy) is 2. The first-order valence-corrected chi connectivity index (χ1v) is 6.44. The lowest BCUT2D eigenvalue weighted by molar-refractivity contribution is 0.0386. The number of hydrogen-bond donors (Lipinski definition) is 2. The maximum absolute atomic E-state index is 5.74. The number of hydrazine groups is 1. The van der Waals surface area contributed by atoms with Crippen LogP contribution >= 0.6 is 0 Å². The predicted octanol–water partition coefficient (Wildman–Crippen LogP) is 1.93. The zero-order valence-electron chi connectivity index (χ0n) is 11.1. The van der Waals surface area contributed by atoms with E-state index in [4.69, 9.17) is 15.3 Å². The highest BCUT2D eigenvalue weighted by Crippen LogP contribution is 2.34. The van der Waals surface area contributed by atoms with Crippen LogP contribution in [-0.2, 0) is 4.74 Å². The number of nitrogens with one attached hydrogen (secondary N) is 1. The van der Waals surface area contributed by atoms with Crippen LogP contribution in [0.4, 0.5) is 0 Å². The summed E-state index contributed by atoms with van der Waals surface area (Å²) in [6.45, 7) is 3.67. The topological polar surface area (TPSA) is 56.5 Å². The van der Waals surface area contributed by atoms with Gasteiger partial charge in [0.2, 0.25) is 0 Å². The van der Waals surface area contributed by atoms with Crippen LogP contribution in [0.3, 0.4) is 0 Å². The lowest BCUT2D eigenvalue weighted by Gasteiger charge is -2.31. The number of methoxy groups -OCH3 is 1. The van der Waals surface area contributed by atoms with E-state index in [2.05, 4.69) is 24.5 Å². The summed E-state index contributed by atoms with van der Waals surface area (Å²) in [5.41, 5.74) is 5.22. The van der Waals surface area contributed by atoms with Crippen molar-refractivity contribution in [3.05, 3.63) is 29.3 Å². The fourth-order valence-electron chi connectivity index (χ4n) is 2.58. The van der Waals surface area contributed by atoms with E-state index >= 15 is 0 Å². The molecule has 1 aliphatic heterocycles. The van der Waals surface area contributed by atoms with Gasteiger partial charge in [0.1, 0.15) is 5.75 Å². The average molecular weight is 250 g/mol. The minimum Gasteiger partial charge on any atom is -0.496 e. The van der Waals surface area contributed by atoms with Crippen LogP contribution in [0.15, 0.2) is 18.2 Å². The van der Waals surface area contributed by atoms with E-state index in [1.54, 1.807) is 7.11 Å². The minimum atomic E-state index is 0.0841. The van der Waals surface area contributed by atoms with Crippen LogP contribution in [0.25, 0.3) is 0 Å².